The summed E-state index contributed by atoms with van der Waals surface area (Å²) in [5.74, 6) is -0.892. The average molecular weight is 571 g/mol. The Morgan fingerprint density at radius 1 is 0.659 bits per heavy atom. The van der Waals surface area contributed by atoms with Crippen LogP contribution < -0.4 is 9.47 Å². The van der Waals surface area contributed by atoms with E-state index < -0.39 is 30.5 Å². The number of halogens is 3. The van der Waals surface area contributed by atoms with Crippen LogP contribution in [0.4, 0.5) is 13.2 Å². The van der Waals surface area contributed by atoms with Crippen LogP contribution in [0.5, 0.6) is 11.5 Å². The molecular weight excluding hydrogens is 541 g/mol. The zero-order valence-electron chi connectivity index (χ0n) is 22.1. The minimum atomic E-state index is -4.22. The molecule has 0 amide bonds. The standard InChI is InChI=1S/C31H29F3O7/c32-31(33,34)19-6-22-38-26-16-12-25(13-17-26)30(37)41-27-14-9-23(10-15-27)11-18-28(35)39-20-4-5-21-40-29(36)24-7-2-1-3-8-24/h1-3,7-18H,4-6,19-22H2/b18-11+. The fourth-order valence-corrected chi connectivity index (χ4v) is 3.37. The first-order chi connectivity index (χ1) is 19.7. The summed E-state index contributed by atoms with van der Waals surface area (Å²) in [7, 11) is 0. The summed E-state index contributed by atoms with van der Waals surface area (Å²) in [6.45, 7) is 0.328. The number of unbranched alkanes of at least 4 members (excludes halogenated alkanes) is 1. The van der Waals surface area contributed by atoms with E-state index in [2.05, 4.69) is 0 Å². The van der Waals surface area contributed by atoms with Gasteiger partial charge in [-0.15, -0.1) is 0 Å². The van der Waals surface area contributed by atoms with Crippen LogP contribution in [0.25, 0.3) is 6.08 Å². The highest BCUT2D eigenvalue weighted by Gasteiger charge is 2.26. The Labute approximate surface area is 235 Å². The SMILES string of the molecule is O=C(/C=C/c1ccc(OC(=O)c2ccc(OCCCC(F)(F)F)cc2)cc1)OCCCCOC(=O)c1ccccc1. The van der Waals surface area contributed by atoms with Crippen molar-refractivity contribution in [2.24, 2.45) is 0 Å². The van der Waals surface area contributed by atoms with Crippen LogP contribution in [-0.2, 0) is 14.3 Å². The van der Waals surface area contributed by atoms with Crippen molar-refractivity contribution in [2.75, 3.05) is 19.8 Å². The highest BCUT2D eigenvalue weighted by Crippen LogP contribution is 2.22. The van der Waals surface area contributed by atoms with E-state index in [1.54, 1.807) is 54.6 Å². The Kier molecular flexibility index (Phi) is 12.0. The molecule has 10 heteroatoms. The second kappa shape index (κ2) is 15.9. The molecule has 3 aromatic carbocycles. The molecule has 0 saturated heterocycles. The number of ether oxygens (including phenoxy) is 4. The molecule has 216 valence electrons. The lowest BCUT2D eigenvalue weighted by atomic mass is 10.2. The summed E-state index contributed by atoms with van der Waals surface area (Å²) < 4.78 is 57.4. The van der Waals surface area contributed by atoms with Crippen molar-refractivity contribution in [2.45, 2.75) is 31.9 Å². The summed E-state index contributed by atoms with van der Waals surface area (Å²) in [6, 6.07) is 21.0. The molecule has 3 aromatic rings. The molecule has 0 aliphatic rings. The third kappa shape index (κ3) is 12.0. The van der Waals surface area contributed by atoms with Crippen LogP contribution in [0.2, 0.25) is 0 Å². The monoisotopic (exact) mass is 570 g/mol. The van der Waals surface area contributed by atoms with Gasteiger partial charge in [0.05, 0.1) is 30.9 Å². The molecule has 0 fully saturated rings. The van der Waals surface area contributed by atoms with Gasteiger partial charge in [0.15, 0.2) is 0 Å². The van der Waals surface area contributed by atoms with E-state index >= 15 is 0 Å². The summed E-state index contributed by atoms with van der Waals surface area (Å²) >= 11 is 0. The molecule has 0 aromatic heterocycles. The van der Waals surface area contributed by atoms with Crippen LogP contribution in [0.3, 0.4) is 0 Å². The zero-order chi connectivity index (χ0) is 29.5. The van der Waals surface area contributed by atoms with Crippen LogP contribution >= 0.6 is 0 Å². The molecule has 0 unspecified atom stereocenters. The smallest absolute Gasteiger partial charge is 0.389 e. The number of hydrogen-bond donors (Lipinski definition) is 0. The van der Waals surface area contributed by atoms with E-state index in [0.29, 0.717) is 29.7 Å². The van der Waals surface area contributed by atoms with E-state index in [9.17, 15) is 27.6 Å². The fraction of sp³-hybridized carbons (Fsp3) is 0.258. The van der Waals surface area contributed by atoms with Crippen molar-refractivity contribution in [3.8, 4) is 11.5 Å². The zero-order valence-corrected chi connectivity index (χ0v) is 22.1. The molecule has 0 atom stereocenters. The third-order valence-corrected chi connectivity index (χ3v) is 5.49. The molecule has 41 heavy (non-hydrogen) atoms. The Morgan fingerprint density at radius 2 is 1.27 bits per heavy atom. The minimum Gasteiger partial charge on any atom is -0.494 e. The van der Waals surface area contributed by atoms with E-state index in [1.807, 2.05) is 6.07 Å². The number of carbonyl (C=O) groups excluding carboxylic acids is 3. The van der Waals surface area contributed by atoms with Gasteiger partial charge in [-0.1, -0.05) is 30.3 Å². The Hall–Kier alpha value is -4.60. The van der Waals surface area contributed by atoms with Crippen molar-refractivity contribution < 1.29 is 46.5 Å². The van der Waals surface area contributed by atoms with Gasteiger partial charge in [-0.05, 0) is 79.4 Å². The Bertz CT molecular complexity index is 1290. The highest BCUT2D eigenvalue weighted by atomic mass is 19.4. The normalized spacial score (nSPS) is 11.2. The maximum absolute atomic E-state index is 12.4. The first kappa shape index (κ1) is 30.9. The molecule has 0 aliphatic carbocycles. The van der Waals surface area contributed by atoms with Gasteiger partial charge >= 0.3 is 24.1 Å². The topological polar surface area (TPSA) is 88.1 Å². The van der Waals surface area contributed by atoms with E-state index in [-0.39, 0.29) is 37.6 Å². The van der Waals surface area contributed by atoms with Crippen molar-refractivity contribution in [1.29, 1.82) is 0 Å². The molecule has 0 spiro atoms. The number of carbonyl (C=O) groups is 3. The number of benzene rings is 3. The predicted molar refractivity (Wildman–Crippen MR) is 145 cm³/mol. The van der Waals surface area contributed by atoms with Gasteiger partial charge in [0.1, 0.15) is 11.5 Å². The molecule has 0 saturated carbocycles. The Balaban J connectivity index is 1.32. The lowest BCUT2D eigenvalue weighted by Gasteiger charge is -2.09. The molecule has 7 nitrogen and oxygen atoms in total. The van der Waals surface area contributed by atoms with E-state index in [1.165, 1.54) is 30.3 Å². The van der Waals surface area contributed by atoms with Crippen LogP contribution in [0.15, 0.2) is 84.9 Å². The summed E-state index contributed by atoms with van der Waals surface area (Å²) in [5, 5.41) is 0. The maximum Gasteiger partial charge on any atom is 0.389 e. The highest BCUT2D eigenvalue weighted by molar-refractivity contribution is 5.91. The number of alkyl halides is 3. The Morgan fingerprint density at radius 3 is 1.93 bits per heavy atom. The molecule has 3 rings (SSSR count). The lowest BCUT2D eigenvalue weighted by molar-refractivity contribution is -0.138. The summed E-state index contributed by atoms with van der Waals surface area (Å²) in [4.78, 5) is 36.1. The van der Waals surface area contributed by atoms with Crippen LogP contribution in [0.1, 0.15) is 52.0 Å². The summed E-state index contributed by atoms with van der Waals surface area (Å²) in [6.07, 6.45) is -1.37. The van der Waals surface area contributed by atoms with Crippen LogP contribution in [0, 0.1) is 0 Å². The average Bonchev–Trinajstić information content (AvgIpc) is 2.97. The first-order valence-corrected chi connectivity index (χ1v) is 12.9. The predicted octanol–water partition coefficient (Wildman–Crippen LogP) is 6.82. The molecule has 0 N–H and O–H groups in total. The molecule has 0 bridgehead atoms. The molecule has 0 radical (unpaired) electrons. The van der Waals surface area contributed by atoms with Gasteiger partial charge in [0.2, 0.25) is 0 Å². The van der Waals surface area contributed by atoms with Gasteiger partial charge in [-0.3, -0.25) is 0 Å². The van der Waals surface area contributed by atoms with E-state index in [0.717, 1.165) is 0 Å². The minimum absolute atomic E-state index is 0.0873. The molecule has 0 heterocycles. The second-order valence-corrected chi connectivity index (χ2v) is 8.76. The van der Waals surface area contributed by atoms with Crippen LogP contribution in [-0.4, -0.2) is 43.9 Å². The molecular formula is C31H29F3O7. The number of esters is 3. The first-order valence-electron chi connectivity index (χ1n) is 12.9. The van der Waals surface area contributed by atoms with Gasteiger partial charge in [-0.25, -0.2) is 14.4 Å². The van der Waals surface area contributed by atoms with Crippen molar-refractivity contribution in [3.05, 3.63) is 102 Å². The van der Waals surface area contributed by atoms with Gasteiger partial charge in [0.25, 0.3) is 0 Å². The van der Waals surface area contributed by atoms with Gasteiger partial charge in [-0.2, -0.15) is 13.2 Å². The summed E-state index contributed by atoms with van der Waals surface area (Å²) in [5.41, 5.74) is 1.41. The quantitative estimate of drug-likeness (QED) is 0.0910. The maximum atomic E-state index is 12.4. The molecule has 0 aliphatic heterocycles. The van der Waals surface area contributed by atoms with Gasteiger partial charge in [0, 0.05) is 12.5 Å². The van der Waals surface area contributed by atoms with Crippen molar-refractivity contribution in [3.63, 3.8) is 0 Å². The number of rotatable bonds is 14. The number of hydrogen-bond acceptors (Lipinski definition) is 7. The lowest BCUT2D eigenvalue weighted by Crippen LogP contribution is -2.10. The fourth-order valence-electron chi connectivity index (χ4n) is 3.37. The van der Waals surface area contributed by atoms with E-state index in [4.69, 9.17) is 18.9 Å². The van der Waals surface area contributed by atoms with Gasteiger partial charge < -0.3 is 18.9 Å². The second-order valence-electron chi connectivity index (χ2n) is 8.76. The third-order valence-electron chi connectivity index (χ3n) is 5.49. The van der Waals surface area contributed by atoms with Crippen molar-refractivity contribution in [1.82, 2.24) is 0 Å². The van der Waals surface area contributed by atoms with Crippen molar-refractivity contribution >= 4 is 24.0 Å². The largest absolute Gasteiger partial charge is 0.494 e.